The van der Waals surface area contributed by atoms with Gasteiger partial charge in [-0.2, -0.15) is 0 Å². The number of rotatable bonds is 4. The minimum atomic E-state index is -0.513. The van der Waals surface area contributed by atoms with Crippen LogP contribution in [-0.4, -0.2) is 17.7 Å². The zero-order valence-corrected chi connectivity index (χ0v) is 12.3. The first-order valence-electron chi connectivity index (χ1n) is 5.22. The second kappa shape index (κ2) is 6.42. The van der Waals surface area contributed by atoms with Crippen molar-refractivity contribution in [2.45, 2.75) is 39.7 Å². The maximum atomic E-state index is 11.7. The summed E-state index contributed by atoms with van der Waals surface area (Å²) in [6, 6.07) is -0.503. The van der Waals surface area contributed by atoms with Gasteiger partial charge in [0.2, 0.25) is 0 Å². The van der Waals surface area contributed by atoms with E-state index in [1.807, 2.05) is 13.8 Å². The van der Waals surface area contributed by atoms with Crippen molar-refractivity contribution in [3.8, 4) is 0 Å². The van der Waals surface area contributed by atoms with E-state index in [2.05, 4.69) is 5.32 Å². The van der Waals surface area contributed by atoms with Crippen molar-refractivity contribution in [1.82, 2.24) is 5.32 Å². The Morgan fingerprint density at radius 2 is 2.12 bits per heavy atom. The van der Waals surface area contributed by atoms with Crippen LogP contribution in [-0.2, 0) is 9.59 Å². The summed E-state index contributed by atoms with van der Waals surface area (Å²) in [5, 5.41) is 14.3. The molecule has 4 nitrogen and oxygen atoms in total. The number of Topliss-reactive ketones (excluding diaryl/α,β-unsaturated/α-hetero) is 1. The third kappa shape index (κ3) is 3.09. The summed E-state index contributed by atoms with van der Waals surface area (Å²) in [6.45, 7) is 5.18. The van der Waals surface area contributed by atoms with Gasteiger partial charge in [-0.05, 0) is 19.3 Å². The smallest absolute Gasteiger partial charge is 0.873 e. The Morgan fingerprint density at radius 1 is 1.56 bits per heavy atom. The number of ketones is 1. The minimum absolute atomic E-state index is 0. The van der Waals surface area contributed by atoms with Gasteiger partial charge < -0.3 is 10.4 Å². The molecule has 0 saturated heterocycles. The molecule has 0 spiro atoms. The van der Waals surface area contributed by atoms with E-state index in [-0.39, 0.29) is 46.8 Å². The van der Waals surface area contributed by atoms with Crippen LogP contribution in [0.15, 0.2) is 11.3 Å². The predicted molar refractivity (Wildman–Crippen MR) is 53.7 cm³/mol. The fourth-order valence-electron chi connectivity index (χ4n) is 1.90. The number of hydrogen-bond donors (Lipinski definition) is 1. The molecule has 1 rings (SSSR count). The number of nitrogens with one attached hydrogen (secondary N) is 1. The maximum Gasteiger partial charge on any atom is 1.00 e. The van der Waals surface area contributed by atoms with Crippen molar-refractivity contribution in [1.29, 1.82) is 0 Å². The molecule has 0 saturated carbocycles. The van der Waals surface area contributed by atoms with E-state index in [9.17, 15) is 14.7 Å². The molecule has 0 radical (unpaired) electrons. The van der Waals surface area contributed by atoms with Crippen LogP contribution in [0.2, 0.25) is 0 Å². The zero-order chi connectivity index (χ0) is 11.6. The first-order valence-corrected chi connectivity index (χ1v) is 5.22. The van der Waals surface area contributed by atoms with Crippen molar-refractivity contribution in [3.05, 3.63) is 11.3 Å². The third-order valence-corrected chi connectivity index (χ3v) is 2.71. The summed E-state index contributed by atoms with van der Waals surface area (Å²) in [5.41, 5.74) is -0.192. The van der Waals surface area contributed by atoms with Crippen LogP contribution in [0.5, 0.6) is 0 Å². The number of amides is 1. The monoisotopic (exact) mass is 233 g/mol. The summed E-state index contributed by atoms with van der Waals surface area (Å²) in [4.78, 5) is 22.4. The standard InChI is InChI=1S/C11H17NO3.Na/c1-4-5-6(2)9-10(14)8(7(3)13)11(15)12-9;/h6,9,14H,4-5H2,1-3H3,(H,12,15);/q;+1/p-1. The van der Waals surface area contributed by atoms with Gasteiger partial charge in [-0.15, -0.1) is 0 Å². The normalized spacial score (nSPS) is 21.4. The molecule has 0 fully saturated rings. The van der Waals surface area contributed by atoms with Crippen molar-refractivity contribution in [2.75, 3.05) is 0 Å². The number of hydrogen-bond acceptors (Lipinski definition) is 3. The Balaban J connectivity index is 0.00000225. The molecular weight excluding hydrogens is 217 g/mol. The van der Waals surface area contributed by atoms with Gasteiger partial charge in [0.25, 0.3) is 5.91 Å². The zero-order valence-electron chi connectivity index (χ0n) is 10.3. The van der Waals surface area contributed by atoms with Crippen molar-refractivity contribution in [2.24, 2.45) is 5.92 Å². The Hall–Kier alpha value is -0.320. The molecule has 0 aliphatic carbocycles. The van der Waals surface area contributed by atoms with Gasteiger partial charge in [0, 0.05) is 6.04 Å². The Morgan fingerprint density at radius 3 is 2.50 bits per heavy atom. The van der Waals surface area contributed by atoms with Crippen LogP contribution in [0, 0.1) is 5.92 Å². The first kappa shape index (κ1) is 15.7. The molecular formula is C11H16NNaO3. The van der Waals surface area contributed by atoms with Gasteiger partial charge in [-0.25, -0.2) is 0 Å². The van der Waals surface area contributed by atoms with Gasteiger partial charge in [-0.1, -0.05) is 26.0 Å². The Bertz CT molecular complexity index is 325. The SMILES string of the molecule is CCCC(C)C1NC(=O)C(C(C)=O)=C1[O-].[Na+]. The van der Waals surface area contributed by atoms with Crippen LogP contribution in [0.3, 0.4) is 0 Å². The third-order valence-electron chi connectivity index (χ3n) is 2.71. The van der Waals surface area contributed by atoms with Crippen LogP contribution in [0.1, 0.15) is 33.6 Å². The van der Waals surface area contributed by atoms with Crippen LogP contribution >= 0.6 is 0 Å². The Labute approximate surface area is 118 Å². The van der Waals surface area contributed by atoms with E-state index in [1.54, 1.807) is 0 Å². The second-order valence-electron chi connectivity index (χ2n) is 4.01. The van der Waals surface area contributed by atoms with Crippen LogP contribution in [0.25, 0.3) is 0 Å². The molecule has 0 bridgehead atoms. The van der Waals surface area contributed by atoms with Gasteiger partial charge in [0.05, 0.1) is 5.57 Å². The molecule has 1 aliphatic heterocycles. The molecule has 2 unspecified atom stereocenters. The van der Waals surface area contributed by atoms with Gasteiger partial charge in [-0.3, -0.25) is 9.59 Å². The largest absolute Gasteiger partial charge is 1.00 e. The summed E-state index contributed by atoms with van der Waals surface area (Å²) < 4.78 is 0. The van der Waals surface area contributed by atoms with Gasteiger partial charge >= 0.3 is 29.6 Å². The van der Waals surface area contributed by atoms with E-state index in [0.29, 0.717) is 0 Å². The molecule has 0 aromatic rings. The summed E-state index contributed by atoms with van der Waals surface area (Å²) in [7, 11) is 0. The van der Waals surface area contributed by atoms with Crippen molar-refractivity contribution < 1.29 is 44.3 Å². The summed E-state index contributed by atoms with van der Waals surface area (Å²) >= 11 is 0. The fraction of sp³-hybridized carbons (Fsp3) is 0.636. The van der Waals surface area contributed by atoms with E-state index < -0.39 is 17.7 Å². The van der Waals surface area contributed by atoms with Crippen molar-refractivity contribution in [3.63, 3.8) is 0 Å². The molecule has 16 heavy (non-hydrogen) atoms. The van der Waals surface area contributed by atoms with E-state index in [0.717, 1.165) is 12.8 Å². The van der Waals surface area contributed by atoms with Crippen LogP contribution in [0.4, 0.5) is 0 Å². The summed E-state index contributed by atoms with van der Waals surface area (Å²) in [5.74, 6) is -1.21. The quantitative estimate of drug-likeness (QED) is 0.419. The van der Waals surface area contributed by atoms with Crippen molar-refractivity contribution >= 4 is 11.7 Å². The average Bonchev–Trinajstić information content (AvgIpc) is 2.42. The molecule has 1 heterocycles. The first-order chi connectivity index (χ1) is 6.99. The van der Waals surface area contributed by atoms with E-state index in [4.69, 9.17) is 0 Å². The molecule has 84 valence electrons. The Kier molecular flexibility index (Phi) is 6.30. The average molecular weight is 233 g/mol. The van der Waals surface area contributed by atoms with Gasteiger partial charge in [0.1, 0.15) is 0 Å². The number of carbonyl (C=O) groups is 2. The maximum absolute atomic E-state index is 11.7. The molecule has 0 aromatic carbocycles. The molecule has 2 atom stereocenters. The molecule has 5 heteroatoms. The second-order valence-corrected chi connectivity index (χ2v) is 4.01. The topological polar surface area (TPSA) is 69.2 Å². The van der Waals surface area contributed by atoms with Gasteiger partial charge in [0.15, 0.2) is 5.78 Å². The minimum Gasteiger partial charge on any atom is -0.873 e. The predicted octanol–water partition coefficient (Wildman–Crippen LogP) is -2.87. The molecule has 1 aliphatic rings. The molecule has 0 aromatic heterocycles. The number of carbonyl (C=O) groups excluding carboxylic acids is 2. The van der Waals surface area contributed by atoms with Crippen LogP contribution < -0.4 is 40.0 Å². The summed E-state index contributed by atoms with van der Waals surface area (Å²) in [6.07, 6.45) is 1.82. The molecule has 1 amide bonds. The molecule has 1 N–H and O–H groups in total. The van der Waals surface area contributed by atoms with E-state index in [1.165, 1.54) is 6.92 Å². The van der Waals surface area contributed by atoms with E-state index >= 15 is 0 Å². The fourth-order valence-corrected chi connectivity index (χ4v) is 1.90.